The molecule has 3 fully saturated rings. The maximum Gasteiger partial charge on any atom is 0.508 e. The number of rotatable bonds is 7. The van der Waals surface area contributed by atoms with E-state index < -0.39 is 6.16 Å². The minimum Gasteiger partial charge on any atom is -0.458 e. The first kappa shape index (κ1) is 22.3. The number of allylic oxidation sites excluding steroid dienone is 1. The van der Waals surface area contributed by atoms with Gasteiger partial charge in [0.15, 0.2) is 0 Å². The lowest BCUT2D eigenvalue weighted by Gasteiger charge is -2.61. The van der Waals surface area contributed by atoms with E-state index in [0.717, 1.165) is 32.1 Å². The van der Waals surface area contributed by atoms with E-state index in [1.54, 1.807) is 7.11 Å². The van der Waals surface area contributed by atoms with Crippen LogP contribution in [0.25, 0.3) is 0 Å². The summed E-state index contributed by atoms with van der Waals surface area (Å²) in [5.41, 5.74) is 1.76. The van der Waals surface area contributed by atoms with Crippen LogP contribution >= 0.6 is 0 Å². The van der Waals surface area contributed by atoms with Crippen molar-refractivity contribution in [3.63, 3.8) is 0 Å². The topological polar surface area (TPSA) is 83.1 Å². The highest BCUT2D eigenvalue weighted by Gasteiger charge is 2.61. The van der Waals surface area contributed by atoms with Crippen molar-refractivity contribution >= 4 is 12.1 Å². The lowest BCUT2D eigenvalue weighted by atomic mass is 9.45. The third kappa shape index (κ3) is 3.91. The van der Waals surface area contributed by atoms with Gasteiger partial charge >= 0.3 is 12.1 Å². The van der Waals surface area contributed by atoms with E-state index in [1.165, 1.54) is 5.57 Å². The Balaban J connectivity index is 1.59. The molecule has 0 amide bonds. The average molecular weight is 434 g/mol. The molecule has 4 aliphatic rings. The molecule has 2 saturated carbocycles. The lowest BCUT2D eigenvalue weighted by Crippen LogP contribution is -2.61. The number of nitrogens with one attached hydrogen (secondary N) is 1. The number of fused-ring (bicyclic) bond motifs is 3. The number of cyclic esters (lactones) is 2. The van der Waals surface area contributed by atoms with Gasteiger partial charge < -0.3 is 24.3 Å². The van der Waals surface area contributed by atoms with Crippen LogP contribution in [0.15, 0.2) is 23.8 Å². The van der Waals surface area contributed by atoms with Crippen molar-refractivity contribution < 1.29 is 28.5 Å². The number of methoxy groups -OCH3 is 1. The predicted octanol–water partition coefficient (Wildman–Crippen LogP) is 3.39. The first-order valence-corrected chi connectivity index (χ1v) is 11.4. The molecule has 0 aromatic carbocycles. The summed E-state index contributed by atoms with van der Waals surface area (Å²) in [4.78, 5) is 24.1. The molecule has 31 heavy (non-hydrogen) atoms. The fourth-order valence-corrected chi connectivity index (χ4v) is 6.71. The molecule has 0 aromatic rings. The van der Waals surface area contributed by atoms with Gasteiger partial charge in [-0.2, -0.15) is 0 Å². The van der Waals surface area contributed by atoms with Gasteiger partial charge in [0.1, 0.15) is 19.3 Å². The highest BCUT2D eigenvalue weighted by Crippen LogP contribution is 2.63. The molecule has 6 atom stereocenters. The molecule has 4 rings (SSSR count). The molecule has 0 radical (unpaired) electrons. The van der Waals surface area contributed by atoms with E-state index in [-0.39, 0.29) is 34.9 Å². The van der Waals surface area contributed by atoms with E-state index in [9.17, 15) is 9.59 Å². The smallest absolute Gasteiger partial charge is 0.458 e. The van der Waals surface area contributed by atoms with Crippen molar-refractivity contribution in [3.05, 3.63) is 23.8 Å². The SMILES string of the molecule is C=C1CCC2[C@]3(C)COC(=O)O[C@@H]3CC[C@@]2(C)[C@@H]1CC(NCCOC)C1=CCOC1=O. The Bertz CT molecular complexity index is 778. The van der Waals surface area contributed by atoms with E-state index >= 15 is 0 Å². The summed E-state index contributed by atoms with van der Waals surface area (Å²) in [6.07, 6.45) is 5.79. The van der Waals surface area contributed by atoms with Gasteiger partial charge in [0.05, 0.1) is 12.2 Å². The minimum atomic E-state index is -0.545. The summed E-state index contributed by atoms with van der Waals surface area (Å²) in [6, 6.07) is -0.103. The second-order valence-corrected chi connectivity index (χ2v) is 9.99. The van der Waals surface area contributed by atoms with Crippen LogP contribution < -0.4 is 5.32 Å². The number of carbonyl (C=O) groups excluding carboxylic acids is 2. The van der Waals surface area contributed by atoms with E-state index in [4.69, 9.17) is 18.9 Å². The second kappa shape index (κ2) is 8.58. The Morgan fingerprint density at radius 1 is 1.26 bits per heavy atom. The van der Waals surface area contributed by atoms with Crippen LogP contribution in [-0.2, 0) is 23.7 Å². The fraction of sp³-hybridized carbons (Fsp3) is 0.750. The van der Waals surface area contributed by atoms with Crippen LogP contribution in [0.5, 0.6) is 0 Å². The molecule has 1 saturated heterocycles. The number of hydrogen-bond acceptors (Lipinski definition) is 7. The summed E-state index contributed by atoms with van der Waals surface area (Å²) in [7, 11) is 1.67. The van der Waals surface area contributed by atoms with Crippen molar-refractivity contribution in [2.45, 2.75) is 58.1 Å². The first-order valence-electron chi connectivity index (χ1n) is 11.4. The third-order valence-electron chi connectivity index (χ3n) is 8.35. The van der Waals surface area contributed by atoms with Crippen molar-refractivity contribution in [3.8, 4) is 0 Å². The first-order chi connectivity index (χ1) is 14.8. The Morgan fingerprint density at radius 2 is 2.06 bits per heavy atom. The predicted molar refractivity (Wildman–Crippen MR) is 114 cm³/mol. The van der Waals surface area contributed by atoms with Gasteiger partial charge in [-0.25, -0.2) is 9.59 Å². The van der Waals surface area contributed by atoms with E-state index in [1.807, 2.05) is 6.08 Å². The molecule has 0 spiro atoms. The number of carbonyl (C=O) groups is 2. The largest absolute Gasteiger partial charge is 0.508 e. The summed E-state index contributed by atoms with van der Waals surface area (Å²) in [5.74, 6) is 0.365. The molecule has 0 bridgehead atoms. The van der Waals surface area contributed by atoms with Crippen LogP contribution in [0.4, 0.5) is 4.79 Å². The zero-order valence-electron chi connectivity index (χ0n) is 18.9. The monoisotopic (exact) mass is 433 g/mol. The van der Waals surface area contributed by atoms with Crippen molar-refractivity contribution in [2.75, 3.05) is 33.5 Å². The van der Waals surface area contributed by atoms with Gasteiger partial charge in [0.2, 0.25) is 0 Å². The molecule has 172 valence electrons. The molecule has 7 nitrogen and oxygen atoms in total. The minimum absolute atomic E-state index is 0.00204. The highest BCUT2D eigenvalue weighted by molar-refractivity contribution is 5.91. The lowest BCUT2D eigenvalue weighted by molar-refractivity contribution is -0.193. The summed E-state index contributed by atoms with van der Waals surface area (Å²) in [5, 5.41) is 3.52. The molecule has 7 heteroatoms. The van der Waals surface area contributed by atoms with Crippen LogP contribution in [0.1, 0.15) is 46.0 Å². The molecule has 2 aliphatic heterocycles. The Hall–Kier alpha value is -1.86. The van der Waals surface area contributed by atoms with Crippen LogP contribution in [-0.4, -0.2) is 57.7 Å². The summed E-state index contributed by atoms with van der Waals surface area (Å²) >= 11 is 0. The van der Waals surface area contributed by atoms with Gasteiger partial charge in [0, 0.05) is 25.1 Å². The van der Waals surface area contributed by atoms with E-state index in [2.05, 4.69) is 25.7 Å². The Labute approximate surface area is 184 Å². The molecular formula is C24H35NO6. The highest BCUT2D eigenvalue weighted by atomic mass is 16.7. The van der Waals surface area contributed by atoms with Gasteiger partial charge in [-0.1, -0.05) is 26.0 Å². The average Bonchev–Trinajstić information content (AvgIpc) is 3.16. The van der Waals surface area contributed by atoms with Crippen LogP contribution in [0.2, 0.25) is 0 Å². The standard InChI is InChI=1S/C24H35NO6/c1-15-5-6-19-23(2,9-7-20-24(19,3)14-30-22(27)31-20)17(15)13-18(25-10-12-28-4)16-8-11-29-21(16)26/h8,17-20,25H,1,5-7,9-14H2,2-4H3/t17-,18?,19?,20-,23+,24+/m1/s1. The molecule has 0 aromatic heterocycles. The van der Waals surface area contributed by atoms with Crippen molar-refractivity contribution in [2.24, 2.45) is 22.7 Å². The number of ether oxygens (including phenoxy) is 4. The molecule has 2 unspecified atom stereocenters. The molecule has 2 aliphatic carbocycles. The normalized spacial score (nSPS) is 38.4. The van der Waals surface area contributed by atoms with Gasteiger partial charge in [-0.15, -0.1) is 0 Å². The van der Waals surface area contributed by atoms with Gasteiger partial charge in [-0.05, 0) is 55.4 Å². The van der Waals surface area contributed by atoms with Gasteiger partial charge in [0.25, 0.3) is 0 Å². The van der Waals surface area contributed by atoms with Crippen LogP contribution in [0, 0.1) is 22.7 Å². The maximum atomic E-state index is 12.4. The second-order valence-electron chi connectivity index (χ2n) is 9.99. The number of hydrogen-bond donors (Lipinski definition) is 1. The molecule has 1 N–H and O–H groups in total. The quantitative estimate of drug-likeness (QED) is 0.374. The van der Waals surface area contributed by atoms with Crippen LogP contribution in [0.3, 0.4) is 0 Å². The molecule has 2 heterocycles. The van der Waals surface area contributed by atoms with Crippen molar-refractivity contribution in [1.82, 2.24) is 5.32 Å². The Kier molecular flexibility index (Phi) is 6.19. The summed E-state index contributed by atoms with van der Waals surface area (Å²) < 4.78 is 21.4. The van der Waals surface area contributed by atoms with E-state index in [0.29, 0.717) is 37.9 Å². The zero-order valence-corrected chi connectivity index (χ0v) is 18.9. The zero-order chi connectivity index (χ0) is 22.2. The molecular weight excluding hydrogens is 398 g/mol. The maximum absolute atomic E-state index is 12.4. The van der Waals surface area contributed by atoms with Gasteiger partial charge in [-0.3, -0.25) is 0 Å². The third-order valence-corrected chi connectivity index (χ3v) is 8.35. The number of esters is 1. The summed E-state index contributed by atoms with van der Waals surface area (Å²) in [6.45, 7) is 11.0. The van der Waals surface area contributed by atoms with Crippen molar-refractivity contribution in [1.29, 1.82) is 0 Å². The Morgan fingerprint density at radius 3 is 2.77 bits per heavy atom. The fourth-order valence-electron chi connectivity index (χ4n) is 6.71.